The molecule has 42 heavy (non-hydrogen) atoms. The topological polar surface area (TPSA) is 132 Å². The summed E-state index contributed by atoms with van der Waals surface area (Å²) in [5.41, 5.74) is 1.23. The Kier molecular flexibility index (Phi) is 15.5. The molecule has 0 fully saturated rings. The first-order valence-electron chi connectivity index (χ1n) is 14.5. The Morgan fingerprint density at radius 1 is 0.690 bits per heavy atom. The lowest BCUT2D eigenvalue weighted by Crippen LogP contribution is -2.47. The van der Waals surface area contributed by atoms with E-state index < -0.39 is 23.8 Å². The molecule has 230 valence electrons. The first-order chi connectivity index (χ1) is 20.1. The highest BCUT2D eigenvalue weighted by Gasteiger charge is 2.21. The lowest BCUT2D eigenvalue weighted by atomic mass is 10.1. The molecule has 2 aromatic rings. The molecule has 0 aliphatic carbocycles. The second-order valence-electron chi connectivity index (χ2n) is 10.9. The van der Waals surface area contributed by atoms with Gasteiger partial charge < -0.3 is 30.2 Å². The zero-order chi connectivity index (χ0) is 30.6. The first-order valence-corrected chi connectivity index (χ1v) is 14.5. The van der Waals surface area contributed by atoms with E-state index in [9.17, 15) is 19.2 Å². The molecule has 0 heterocycles. The Morgan fingerprint density at radius 2 is 1.24 bits per heavy atom. The van der Waals surface area contributed by atoms with Crippen LogP contribution < -0.4 is 16.0 Å². The number of esters is 1. The Morgan fingerprint density at radius 3 is 1.83 bits per heavy atom. The van der Waals surface area contributed by atoms with Gasteiger partial charge in [-0.05, 0) is 64.0 Å². The van der Waals surface area contributed by atoms with Crippen LogP contribution in [0.15, 0.2) is 60.7 Å². The number of unbranched alkanes of at least 4 members (excludes halogenated alkanes) is 3. The summed E-state index contributed by atoms with van der Waals surface area (Å²) >= 11 is 0. The van der Waals surface area contributed by atoms with E-state index in [1.54, 1.807) is 0 Å². The summed E-state index contributed by atoms with van der Waals surface area (Å²) in [5, 5.41) is 8.23. The molecular formula is C32H45N3O7. The van der Waals surface area contributed by atoms with Crippen molar-refractivity contribution < 1.29 is 33.4 Å². The highest BCUT2D eigenvalue weighted by molar-refractivity contribution is 5.85. The fraction of sp³-hybridized carbons (Fsp3) is 0.500. The zero-order valence-corrected chi connectivity index (χ0v) is 25.0. The number of nitrogens with one attached hydrogen (secondary N) is 3. The average molecular weight is 584 g/mol. The molecule has 0 radical (unpaired) electrons. The summed E-state index contributed by atoms with van der Waals surface area (Å²) in [4.78, 5) is 49.1. The maximum absolute atomic E-state index is 12.9. The van der Waals surface area contributed by atoms with Crippen LogP contribution >= 0.6 is 0 Å². The second-order valence-corrected chi connectivity index (χ2v) is 10.9. The molecule has 0 aliphatic rings. The van der Waals surface area contributed by atoms with Crippen molar-refractivity contribution in [3.63, 3.8) is 0 Å². The molecule has 1 unspecified atom stereocenters. The fourth-order valence-electron chi connectivity index (χ4n) is 3.91. The minimum absolute atomic E-state index is 0.0909. The van der Waals surface area contributed by atoms with Gasteiger partial charge in [0.15, 0.2) is 0 Å². The van der Waals surface area contributed by atoms with Crippen LogP contribution in [0, 0.1) is 0 Å². The van der Waals surface area contributed by atoms with Crippen LogP contribution in [0.2, 0.25) is 0 Å². The third-order valence-electron chi connectivity index (χ3n) is 6.00. The SMILES string of the molecule is CC(C)(C)OC(=O)CCCCCNC(=O)C(CCCCNC(=O)OCc1ccccc1)NC(=O)OCc1ccccc1. The number of hydrogen-bond acceptors (Lipinski definition) is 7. The van der Waals surface area contributed by atoms with Crippen molar-refractivity contribution in [1.29, 1.82) is 0 Å². The molecule has 0 saturated carbocycles. The number of carbonyl (C=O) groups excluding carboxylic acids is 4. The molecule has 0 bridgehead atoms. The fourth-order valence-corrected chi connectivity index (χ4v) is 3.91. The van der Waals surface area contributed by atoms with Gasteiger partial charge in [0.2, 0.25) is 5.91 Å². The summed E-state index contributed by atoms with van der Waals surface area (Å²) in [6.07, 6.45) is 2.78. The van der Waals surface area contributed by atoms with Gasteiger partial charge in [-0.15, -0.1) is 0 Å². The van der Waals surface area contributed by atoms with Gasteiger partial charge in [0.05, 0.1) is 0 Å². The molecule has 2 aromatic carbocycles. The number of benzene rings is 2. The van der Waals surface area contributed by atoms with E-state index in [2.05, 4.69) is 16.0 Å². The van der Waals surface area contributed by atoms with Gasteiger partial charge in [0, 0.05) is 19.5 Å². The van der Waals surface area contributed by atoms with Gasteiger partial charge in [0.1, 0.15) is 24.9 Å². The third kappa shape index (κ3) is 16.2. The van der Waals surface area contributed by atoms with E-state index in [1.165, 1.54) is 0 Å². The monoisotopic (exact) mass is 583 g/mol. The van der Waals surface area contributed by atoms with Crippen molar-refractivity contribution >= 4 is 24.1 Å². The first kappa shape index (κ1) is 34.1. The van der Waals surface area contributed by atoms with Gasteiger partial charge in [-0.2, -0.15) is 0 Å². The lowest BCUT2D eigenvalue weighted by Gasteiger charge is -2.19. The van der Waals surface area contributed by atoms with E-state index in [0.29, 0.717) is 51.6 Å². The van der Waals surface area contributed by atoms with Gasteiger partial charge in [-0.25, -0.2) is 9.59 Å². The van der Waals surface area contributed by atoms with Crippen LogP contribution in [0.25, 0.3) is 0 Å². The lowest BCUT2D eigenvalue weighted by molar-refractivity contribution is -0.154. The van der Waals surface area contributed by atoms with Crippen LogP contribution in [0.1, 0.15) is 76.8 Å². The van der Waals surface area contributed by atoms with E-state index in [4.69, 9.17) is 14.2 Å². The molecule has 10 nitrogen and oxygen atoms in total. The predicted molar refractivity (Wildman–Crippen MR) is 159 cm³/mol. The van der Waals surface area contributed by atoms with Crippen molar-refractivity contribution in [2.24, 2.45) is 0 Å². The van der Waals surface area contributed by atoms with Crippen LogP contribution in [0.3, 0.4) is 0 Å². The van der Waals surface area contributed by atoms with Gasteiger partial charge >= 0.3 is 18.2 Å². The largest absolute Gasteiger partial charge is 0.460 e. The highest BCUT2D eigenvalue weighted by atomic mass is 16.6. The summed E-state index contributed by atoms with van der Waals surface area (Å²) in [6, 6.07) is 17.9. The number of amides is 3. The van der Waals surface area contributed by atoms with Crippen LogP contribution in [-0.2, 0) is 37.0 Å². The maximum Gasteiger partial charge on any atom is 0.408 e. The summed E-state index contributed by atoms with van der Waals surface area (Å²) in [6.45, 7) is 6.57. The van der Waals surface area contributed by atoms with Crippen LogP contribution in [0.5, 0.6) is 0 Å². The molecule has 2 rings (SSSR count). The Hall–Kier alpha value is -4.08. The number of alkyl carbamates (subject to hydrolysis) is 2. The standard InChI is InChI=1S/C32H45N3O7/c1-32(2,3)42-28(36)20-11-6-13-21-33-29(37)27(35-31(39)41-24-26-17-9-5-10-18-26)19-12-14-22-34-30(38)40-23-25-15-7-4-8-16-25/h4-5,7-10,15-18,27H,6,11-14,19-24H2,1-3H3,(H,33,37)(H,34,38)(H,35,39). The zero-order valence-electron chi connectivity index (χ0n) is 25.0. The minimum atomic E-state index is -0.792. The highest BCUT2D eigenvalue weighted by Crippen LogP contribution is 2.11. The van der Waals surface area contributed by atoms with Crippen molar-refractivity contribution in [3.8, 4) is 0 Å². The smallest absolute Gasteiger partial charge is 0.408 e. The van der Waals surface area contributed by atoms with Crippen molar-refractivity contribution in [3.05, 3.63) is 71.8 Å². The van der Waals surface area contributed by atoms with Crippen molar-refractivity contribution in [2.75, 3.05) is 13.1 Å². The number of rotatable bonds is 17. The molecule has 1 atom stereocenters. The molecule has 10 heteroatoms. The quantitative estimate of drug-likeness (QED) is 0.129. The minimum Gasteiger partial charge on any atom is -0.460 e. The summed E-state index contributed by atoms with van der Waals surface area (Å²) in [7, 11) is 0. The van der Waals surface area contributed by atoms with Crippen LogP contribution in [-0.4, -0.2) is 48.8 Å². The van der Waals surface area contributed by atoms with Crippen molar-refractivity contribution in [2.45, 2.75) is 90.6 Å². The second kappa shape index (κ2) is 19.1. The van der Waals surface area contributed by atoms with Gasteiger partial charge in [-0.1, -0.05) is 67.1 Å². The van der Waals surface area contributed by atoms with E-state index in [1.807, 2.05) is 81.4 Å². The van der Waals surface area contributed by atoms with E-state index in [0.717, 1.165) is 17.5 Å². The third-order valence-corrected chi connectivity index (χ3v) is 6.00. The van der Waals surface area contributed by atoms with E-state index >= 15 is 0 Å². The Bertz CT molecular complexity index is 1090. The molecule has 0 aromatic heterocycles. The van der Waals surface area contributed by atoms with Gasteiger partial charge in [-0.3, -0.25) is 9.59 Å². The summed E-state index contributed by atoms with van der Waals surface area (Å²) < 4.78 is 15.8. The number of hydrogen-bond donors (Lipinski definition) is 3. The van der Waals surface area contributed by atoms with Crippen LogP contribution in [0.4, 0.5) is 9.59 Å². The molecule has 0 spiro atoms. The van der Waals surface area contributed by atoms with Gasteiger partial charge in [0.25, 0.3) is 0 Å². The number of ether oxygens (including phenoxy) is 3. The Balaban J connectivity index is 1.73. The predicted octanol–water partition coefficient (Wildman–Crippen LogP) is 5.40. The molecule has 3 amide bonds. The summed E-state index contributed by atoms with van der Waals surface area (Å²) in [5.74, 6) is -0.544. The Labute approximate surface area is 248 Å². The maximum atomic E-state index is 12.9. The molecule has 3 N–H and O–H groups in total. The van der Waals surface area contributed by atoms with Crippen molar-refractivity contribution in [1.82, 2.24) is 16.0 Å². The normalized spacial score (nSPS) is 11.6. The average Bonchev–Trinajstić information content (AvgIpc) is 2.96. The van der Waals surface area contributed by atoms with E-state index in [-0.39, 0.29) is 25.1 Å². The molecule has 0 saturated heterocycles. The number of carbonyl (C=O) groups is 4. The molecule has 0 aliphatic heterocycles. The molecular weight excluding hydrogens is 538 g/mol.